The summed E-state index contributed by atoms with van der Waals surface area (Å²) in [6, 6.07) is 6.69. The van der Waals surface area contributed by atoms with E-state index in [0.29, 0.717) is 22.4 Å². The van der Waals surface area contributed by atoms with E-state index in [2.05, 4.69) is 9.72 Å². The zero-order chi connectivity index (χ0) is 17.0. The van der Waals surface area contributed by atoms with Crippen LogP contribution in [-0.4, -0.2) is 28.8 Å². The van der Waals surface area contributed by atoms with E-state index in [1.54, 1.807) is 16.7 Å². The molecule has 8 heteroatoms. The number of fused-ring (bicyclic) bond motifs is 1. The molecular weight excluding hydrogens is 311 g/mol. The SMILES string of the molecule is COC(=O)Cc1nc2cc(C#N)ccc2n1CCCC(F)(F)F. The minimum atomic E-state index is -4.23. The Hall–Kier alpha value is -2.56. The van der Waals surface area contributed by atoms with Crippen molar-refractivity contribution in [2.75, 3.05) is 7.11 Å². The molecule has 0 saturated carbocycles. The average molecular weight is 325 g/mol. The second-order valence-corrected chi connectivity index (χ2v) is 4.97. The molecule has 1 aromatic heterocycles. The lowest BCUT2D eigenvalue weighted by Crippen LogP contribution is -2.13. The number of alkyl halides is 3. The molecule has 23 heavy (non-hydrogen) atoms. The van der Waals surface area contributed by atoms with Crippen molar-refractivity contribution in [1.29, 1.82) is 5.26 Å². The quantitative estimate of drug-likeness (QED) is 0.793. The van der Waals surface area contributed by atoms with Crippen LogP contribution in [0, 0.1) is 11.3 Å². The minimum Gasteiger partial charge on any atom is -0.469 e. The Kier molecular flexibility index (Phi) is 4.89. The molecule has 0 radical (unpaired) electrons. The third-order valence-electron chi connectivity index (χ3n) is 3.33. The van der Waals surface area contributed by atoms with Crippen molar-refractivity contribution in [2.45, 2.75) is 32.0 Å². The second-order valence-electron chi connectivity index (χ2n) is 4.97. The number of nitrogens with zero attached hydrogens (tertiary/aromatic N) is 3. The number of halogens is 3. The first kappa shape index (κ1) is 16.8. The molecule has 0 atom stereocenters. The van der Waals surface area contributed by atoms with Crippen LogP contribution in [0.5, 0.6) is 0 Å². The number of aryl methyl sites for hydroxylation is 1. The Morgan fingerprint density at radius 3 is 2.78 bits per heavy atom. The van der Waals surface area contributed by atoms with Gasteiger partial charge in [-0.1, -0.05) is 0 Å². The molecule has 0 aliphatic heterocycles. The Balaban J connectivity index is 2.35. The molecule has 0 amide bonds. The number of rotatable bonds is 5. The number of hydrogen-bond donors (Lipinski definition) is 0. The van der Waals surface area contributed by atoms with Gasteiger partial charge in [-0.15, -0.1) is 0 Å². The summed E-state index contributed by atoms with van der Waals surface area (Å²) in [5, 5.41) is 8.90. The summed E-state index contributed by atoms with van der Waals surface area (Å²) in [4.78, 5) is 15.7. The maximum atomic E-state index is 12.3. The molecule has 2 aromatic rings. The molecule has 0 fully saturated rings. The fraction of sp³-hybridized carbons (Fsp3) is 0.400. The summed E-state index contributed by atoms with van der Waals surface area (Å²) in [5.74, 6) is -0.206. The van der Waals surface area contributed by atoms with Crippen LogP contribution >= 0.6 is 0 Å². The molecule has 0 spiro atoms. The first-order valence-corrected chi connectivity index (χ1v) is 6.87. The van der Waals surface area contributed by atoms with Crippen molar-refractivity contribution in [3.05, 3.63) is 29.6 Å². The molecule has 1 aromatic carbocycles. The van der Waals surface area contributed by atoms with Crippen molar-refractivity contribution in [2.24, 2.45) is 0 Å². The fourth-order valence-electron chi connectivity index (χ4n) is 2.27. The maximum absolute atomic E-state index is 12.3. The van der Waals surface area contributed by atoms with Gasteiger partial charge in [0.15, 0.2) is 0 Å². The number of nitriles is 1. The van der Waals surface area contributed by atoms with Crippen LogP contribution in [0.1, 0.15) is 24.2 Å². The van der Waals surface area contributed by atoms with Crippen LogP contribution in [0.25, 0.3) is 11.0 Å². The second kappa shape index (κ2) is 6.69. The molecule has 0 unspecified atom stereocenters. The highest BCUT2D eigenvalue weighted by Gasteiger charge is 2.26. The van der Waals surface area contributed by atoms with Crippen LogP contribution in [0.4, 0.5) is 13.2 Å². The normalized spacial score (nSPS) is 11.4. The van der Waals surface area contributed by atoms with Crippen LogP contribution in [0.2, 0.25) is 0 Å². The van der Waals surface area contributed by atoms with Gasteiger partial charge in [0.25, 0.3) is 0 Å². The Labute approximate surface area is 130 Å². The van der Waals surface area contributed by atoms with Gasteiger partial charge >= 0.3 is 12.1 Å². The van der Waals surface area contributed by atoms with Crippen LogP contribution < -0.4 is 0 Å². The fourth-order valence-corrected chi connectivity index (χ4v) is 2.27. The summed E-state index contributed by atoms with van der Waals surface area (Å²) in [5.41, 5.74) is 1.45. The minimum absolute atomic E-state index is 0.0776. The van der Waals surface area contributed by atoms with Gasteiger partial charge in [0.1, 0.15) is 12.2 Å². The smallest absolute Gasteiger partial charge is 0.389 e. The standard InChI is InChI=1S/C15H14F3N3O2/c1-23-14(22)8-13-20-11-7-10(9-19)3-4-12(11)21(13)6-2-5-15(16,17)18/h3-4,7H,2,5-6,8H2,1H3. The summed E-state index contributed by atoms with van der Waals surface area (Å²) >= 11 is 0. The summed E-state index contributed by atoms with van der Waals surface area (Å²) in [6.45, 7) is 0.0776. The molecule has 0 aliphatic rings. The molecule has 122 valence electrons. The van der Waals surface area contributed by atoms with Gasteiger partial charge in [-0.2, -0.15) is 18.4 Å². The van der Waals surface area contributed by atoms with E-state index in [1.165, 1.54) is 13.2 Å². The van der Waals surface area contributed by atoms with E-state index in [4.69, 9.17) is 5.26 Å². The van der Waals surface area contributed by atoms with Crippen molar-refractivity contribution in [3.63, 3.8) is 0 Å². The monoisotopic (exact) mass is 325 g/mol. The van der Waals surface area contributed by atoms with Gasteiger partial charge in [0, 0.05) is 13.0 Å². The number of hydrogen-bond acceptors (Lipinski definition) is 4. The van der Waals surface area contributed by atoms with Crippen LogP contribution in [0.15, 0.2) is 18.2 Å². The molecule has 0 N–H and O–H groups in total. The molecule has 1 heterocycles. The van der Waals surface area contributed by atoms with Crippen molar-refractivity contribution < 1.29 is 22.7 Å². The zero-order valence-corrected chi connectivity index (χ0v) is 12.4. The Morgan fingerprint density at radius 1 is 1.43 bits per heavy atom. The Bertz CT molecular complexity index is 760. The predicted octanol–water partition coefficient (Wildman–Crippen LogP) is 2.97. The van der Waals surface area contributed by atoms with Gasteiger partial charge in [0.2, 0.25) is 0 Å². The van der Waals surface area contributed by atoms with E-state index in [0.717, 1.165) is 0 Å². The Morgan fingerprint density at radius 2 is 2.17 bits per heavy atom. The molecular formula is C15H14F3N3O2. The van der Waals surface area contributed by atoms with E-state index < -0.39 is 18.6 Å². The average Bonchev–Trinajstić information content (AvgIpc) is 2.82. The first-order valence-electron chi connectivity index (χ1n) is 6.87. The lowest BCUT2D eigenvalue weighted by Gasteiger charge is -2.10. The largest absolute Gasteiger partial charge is 0.469 e. The summed E-state index contributed by atoms with van der Waals surface area (Å²) in [7, 11) is 1.23. The van der Waals surface area contributed by atoms with Crippen molar-refractivity contribution >= 4 is 17.0 Å². The molecule has 0 saturated heterocycles. The predicted molar refractivity (Wildman–Crippen MR) is 75.5 cm³/mol. The third-order valence-corrected chi connectivity index (χ3v) is 3.33. The van der Waals surface area contributed by atoms with E-state index in [-0.39, 0.29) is 19.4 Å². The highest BCUT2D eigenvalue weighted by molar-refractivity contribution is 5.79. The number of carbonyl (C=O) groups excluding carboxylic acids is 1. The summed E-state index contributed by atoms with van der Waals surface area (Å²) < 4.78 is 43.1. The van der Waals surface area contributed by atoms with Gasteiger partial charge in [-0.25, -0.2) is 4.98 Å². The highest BCUT2D eigenvalue weighted by atomic mass is 19.4. The van der Waals surface area contributed by atoms with Gasteiger partial charge < -0.3 is 9.30 Å². The topological polar surface area (TPSA) is 67.9 Å². The van der Waals surface area contributed by atoms with Gasteiger partial charge in [-0.3, -0.25) is 4.79 Å². The maximum Gasteiger partial charge on any atom is 0.389 e. The van der Waals surface area contributed by atoms with E-state index in [9.17, 15) is 18.0 Å². The number of benzene rings is 1. The van der Waals surface area contributed by atoms with E-state index >= 15 is 0 Å². The molecule has 5 nitrogen and oxygen atoms in total. The number of aromatic nitrogens is 2. The van der Waals surface area contributed by atoms with E-state index in [1.807, 2.05) is 6.07 Å². The number of carbonyl (C=O) groups is 1. The molecule has 0 bridgehead atoms. The molecule has 2 rings (SSSR count). The highest BCUT2D eigenvalue weighted by Crippen LogP contribution is 2.24. The van der Waals surface area contributed by atoms with Gasteiger partial charge in [0.05, 0.1) is 29.8 Å². The number of esters is 1. The lowest BCUT2D eigenvalue weighted by atomic mass is 10.2. The third kappa shape index (κ3) is 4.22. The zero-order valence-electron chi connectivity index (χ0n) is 12.4. The number of imidazole rings is 1. The van der Waals surface area contributed by atoms with Crippen LogP contribution in [-0.2, 0) is 22.5 Å². The summed E-state index contributed by atoms with van der Waals surface area (Å²) in [6.07, 6.45) is -5.41. The van der Waals surface area contributed by atoms with Crippen molar-refractivity contribution in [1.82, 2.24) is 9.55 Å². The van der Waals surface area contributed by atoms with Crippen LogP contribution in [0.3, 0.4) is 0 Å². The number of methoxy groups -OCH3 is 1. The first-order chi connectivity index (χ1) is 10.8. The lowest BCUT2D eigenvalue weighted by molar-refractivity contribution is -0.140. The number of ether oxygens (including phenoxy) is 1. The molecule has 0 aliphatic carbocycles. The van der Waals surface area contributed by atoms with Gasteiger partial charge in [-0.05, 0) is 24.6 Å². The van der Waals surface area contributed by atoms with Crippen molar-refractivity contribution in [3.8, 4) is 6.07 Å².